The number of amides is 1. The fourth-order valence-corrected chi connectivity index (χ4v) is 7.93. The number of hydrogen-bond donors (Lipinski definition) is 1. The van der Waals surface area contributed by atoms with Crippen LogP contribution >= 0.6 is 11.6 Å². The molecule has 0 unspecified atom stereocenters. The SMILES string of the molecule is O=C(OC1([C@H]2CCC[C@@H](C3CC3)N2S(=O)(=O)c2ccc(Cl)cc2)CC1)N1CCN(CCCO)CC1. The summed E-state index contributed by atoms with van der Waals surface area (Å²) in [5.41, 5.74) is -0.738. The van der Waals surface area contributed by atoms with Crippen molar-refractivity contribution in [1.29, 1.82) is 0 Å². The molecule has 35 heavy (non-hydrogen) atoms. The Morgan fingerprint density at radius 2 is 1.74 bits per heavy atom. The predicted octanol–water partition coefficient (Wildman–Crippen LogP) is 3.33. The van der Waals surface area contributed by atoms with Gasteiger partial charge in [-0.1, -0.05) is 18.0 Å². The Bertz CT molecular complexity index is 1000. The van der Waals surface area contributed by atoms with E-state index in [1.165, 1.54) is 0 Å². The first kappa shape index (κ1) is 25.3. The van der Waals surface area contributed by atoms with Crippen LogP contribution in [-0.4, -0.2) is 90.7 Å². The van der Waals surface area contributed by atoms with Crippen LogP contribution in [0.1, 0.15) is 51.4 Å². The van der Waals surface area contributed by atoms with Crippen LogP contribution < -0.4 is 0 Å². The minimum absolute atomic E-state index is 0.0410. The molecule has 4 aliphatic rings. The molecule has 1 amide bonds. The van der Waals surface area contributed by atoms with Gasteiger partial charge >= 0.3 is 6.09 Å². The number of carbonyl (C=O) groups is 1. The Morgan fingerprint density at radius 1 is 1.06 bits per heavy atom. The van der Waals surface area contributed by atoms with Crippen molar-refractivity contribution in [3.05, 3.63) is 29.3 Å². The van der Waals surface area contributed by atoms with Crippen molar-refractivity contribution in [2.75, 3.05) is 39.3 Å². The van der Waals surface area contributed by atoms with Gasteiger partial charge in [-0.25, -0.2) is 13.2 Å². The molecular weight excluding hydrogens is 490 g/mol. The first-order valence-corrected chi connectivity index (χ1v) is 14.8. The zero-order valence-electron chi connectivity index (χ0n) is 20.1. The molecule has 0 radical (unpaired) electrons. The quantitative estimate of drug-likeness (QED) is 0.560. The van der Waals surface area contributed by atoms with E-state index < -0.39 is 15.6 Å². The maximum atomic E-state index is 13.9. The van der Waals surface area contributed by atoms with Crippen molar-refractivity contribution in [1.82, 2.24) is 14.1 Å². The van der Waals surface area contributed by atoms with Crippen molar-refractivity contribution < 1.29 is 23.1 Å². The lowest BCUT2D eigenvalue weighted by molar-refractivity contribution is -0.0161. The zero-order valence-corrected chi connectivity index (χ0v) is 21.7. The number of benzene rings is 1. The maximum absolute atomic E-state index is 13.9. The van der Waals surface area contributed by atoms with Crippen LogP contribution in [0.15, 0.2) is 29.2 Å². The highest BCUT2D eigenvalue weighted by molar-refractivity contribution is 7.89. The molecule has 1 aromatic rings. The number of ether oxygens (including phenoxy) is 1. The van der Waals surface area contributed by atoms with Gasteiger partial charge in [0.2, 0.25) is 10.0 Å². The van der Waals surface area contributed by atoms with Crippen molar-refractivity contribution in [2.24, 2.45) is 5.92 Å². The number of piperazine rings is 1. The van der Waals surface area contributed by atoms with E-state index in [9.17, 15) is 13.2 Å². The number of carbonyl (C=O) groups excluding carboxylic acids is 1. The van der Waals surface area contributed by atoms with Gasteiger partial charge in [0.25, 0.3) is 0 Å². The molecule has 5 rings (SSSR count). The molecule has 2 aliphatic heterocycles. The average Bonchev–Trinajstić information content (AvgIpc) is 3.79. The summed E-state index contributed by atoms with van der Waals surface area (Å²) in [6, 6.07) is 6.02. The molecule has 2 aliphatic carbocycles. The normalized spacial score (nSPS) is 27.5. The molecule has 1 aromatic carbocycles. The highest BCUT2D eigenvalue weighted by Crippen LogP contribution is 2.53. The van der Waals surface area contributed by atoms with E-state index in [0.717, 1.165) is 51.7 Å². The Kier molecular flexibility index (Phi) is 7.34. The van der Waals surface area contributed by atoms with E-state index in [2.05, 4.69) is 4.90 Å². The average molecular weight is 526 g/mol. The summed E-state index contributed by atoms with van der Waals surface area (Å²) in [5, 5.41) is 9.55. The van der Waals surface area contributed by atoms with Crippen LogP contribution in [0.25, 0.3) is 0 Å². The third kappa shape index (κ3) is 5.34. The topological polar surface area (TPSA) is 90.4 Å². The second kappa shape index (κ2) is 10.2. The molecule has 4 fully saturated rings. The van der Waals surface area contributed by atoms with Crippen molar-refractivity contribution in [3.63, 3.8) is 0 Å². The molecule has 1 N–H and O–H groups in total. The van der Waals surface area contributed by atoms with Crippen LogP contribution in [-0.2, 0) is 14.8 Å². The van der Waals surface area contributed by atoms with Gasteiger partial charge in [-0.05, 0) is 75.1 Å². The summed E-state index contributed by atoms with van der Waals surface area (Å²) < 4.78 is 35.8. The summed E-state index contributed by atoms with van der Waals surface area (Å²) >= 11 is 6.03. The minimum Gasteiger partial charge on any atom is -0.441 e. The molecule has 2 saturated carbocycles. The van der Waals surface area contributed by atoms with Gasteiger partial charge in [-0.2, -0.15) is 4.31 Å². The highest BCUT2D eigenvalue weighted by atomic mass is 35.5. The van der Waals surface area contributed by atoms with Gasteiger partial charge < -0.3 is 14.7 Å². The standard InChI is InChI=1S/C25H36ClN3O5S/c26-20-7-9-21(10-8-20)35(32,33)29-22(19-5-6-19)3-1-4-23(29)25(11-12-25)34-24(31)28-16-14-27(15-17-28)13-2-18-30/h7-10,19,22-23,30H,1-6,11-18H2/t22-,23+/m0/s1. The first-order valence-electron chi connectivity index (χ1n) is 12.9. The molecule has 8 nitrogen and oxygen atoms in total. The zero-order chi connectivity index (χ0) is 24.6. The molecule has 0 aromatic heterocycles. The molecule has 0 bridgehead atoms. The van der Waals surface area contributed by atoms with Gasteiger partial charge in [0.15, 0.2) is 0 Å². The number of aliphatic hydroxyl groups excluding tert-OH is 1. The van der Waals surface area contributed by atoms with Crippen LogP contribution in [0.2, 0.25) is 5.02 Å². The monoisotopic (exact) mass is 525 g/mol. The Balaban J connectivity index is 1.33. The second-order valence-corrected chi connectivity index (χ2v) is 12.8. The molecule has 0 spiro atoms. The van der Waals surface area contributed by atoms with Crippen LogP contribution in [0.4, 0.5) is 4.79 Å². The van der Waals surface area contributed by atoms with E-state index in [1.807, 2.05) is 0 Å². The lowest BCUT2D eigenvalue weighted by atomic mass is 9.91. The van der Waals surface area contributed by atoms with Gasteiger partial charge in [-0.15, -0.1) is 0 Å². The predicted molar refractivity (Wildman–Crippen MR) is 133 cm³/mol. The van der Waals surface area contributed by atoms with Gasteiger partial charge in [0, 0.05) is 50.4 Å². The number of hydrogen-bond acceptors (Lipinski definition) is 6. The van der Waals surface area contributed by atoms with E-state index in [0.29, 0.717) is 43.3 Å². The molecule has 194 valence electrons. The first-order chi connectivity index (χ1) is 16.8. The lowest BCUT2D eigenvalue weighted by Gasteiger charge is -2.45. The summed E-state index contributed by atoms with van der Waals surface area (Å²) in [6.07, 6.45) is 6.41. The van der Waals surface area contributed by atoms with Crippen LogP contribution in [0.5, 0.6) is 0 Å². The summed E-state index contributed by atoms with van der Waals surface area (Å²) in [5.74, 6) is 0.387. The summed E-state index contributed by atoms with van der Waals surface area (Å²) in [6.45, 7) is 3.68. The molecule has 2 saturated heterocycles. The smallest absolute Gasteiger partial charge is 0.410 e. The van der Waals surface area contributed by atoms with Crippen LogP contribution in [0.3, 0.4) is 0 Å². The summed E-state index contributed by atoms with van der Waals surface area (Å²) in [7, 11) is -3.76. The number of nitrogens with zero attached hydrogens (tertiary/aromatic N) is 3. The molecule has 2 atom stereocenters. The van der Waals surface area contributed by atoms with Crippen molar-refractivity contribution in [2.45, 2.75) is 73.9 Å². The van der Waals surface area contributed by atoms with Crippen molar-refractivity contribution in [3.8, 4) is 0 Å². The van der Waals surface area contributed by atoms with E-state index in [4.69, 9.17) is 21.4 Å². The van der Waals surface area contributed by atoms with Gasteiger partial charge in [-0.3, -0.25) is 4.90 Å². The van der Waals surface area contributed by atoms with E-state index >= 15 is 0 Å². The Labute approximate surface area is 213 Å². The van der Waals surface area contributed by atoms with Crippen molar-refractivity contribution >= 4 is 27.7 Å². The third-order valence-corrected chi connectivity index (χ3v) is 10.3. The number of rotatable bonds is 8. The van der Waals surface area contributed by atoms with Crippen LogP contribution in [0, 0.1) is 5.92 Å². The molecular formula is C25H36ClN3O5S. The number of halogens is 1. The number of piperidine rings is 1. The summed E-state index contributed by atoms with van der Waals surface area (Å²) in [4.78, 5) is 17.4. The minimum atomic E-state index is -3.76. The van der Waals surface area contributed by atoms with Gasteiger partial charge in [0.05, 0.1) is 10.9 Å². The van der Waals surface area contributed by atoms with Gasteiger partial charge in [0.1, 0.15) is 5.60 Å². The molecule has 10 heteroatoms. The Morgan fingerprint density at radius 3 is 2.34 bits per heavy atom. The third-order valence-electron chi connectivity index (χ3n) is 8.07. The lowest BCUT2D eigenvalue weighted by Crippen LogP contribution is -2.58. The number of aliphatic hydroxyl groups is 1. The highest BCUT2D eigenvalue weighted by Gasteiger charge is 2.61. The number of sulfonamides is 1. The fraction of sp³-hybridized carbons (Fsp3) is 0.720. The maximum Gasteiger partial charge on any atom is 0.410 e. The van der Waals surface area contributed by atoms with E-state index in [-0.39, 0.29) is 29.7 Å². The largest absolute Gasteiger partial charge is 0.441 e. The van der Waals surface area contributed by atoms with E-state index in [1.54, 1.807) is 33.5 Å². The fourth-order valence-electron chi connectivity index (χ4n) is 5.81. The Hall–Kier alpha value is -1.39. The molecule has 2 heterocycles. The second-order valence-electron chi connectivity index (χ2n) is 10.5.